The number of carboxylic acids is 2. The number of amides is 1. The van der Waals surface area contributed by atoms with Gasteiger partial charge in [-0.05, 0) is 5.56 Å². The Labute approximate surface area is 140 Å². The third kappa shape index (κ3) is 10.7. The van der Waals surface area contributed by atoms with Crippen molar-refractivity contribution in [3.05, 3.63) is 35.9 Å². The Morgan fingerprint density at radius 2 is 1.52 bits per heavy atom. The molecular formula is C14H17F3N2O6. The van der Waals surface area contributed by atoms with Crippen LogP contribution < -0.4 is 10.6 Å². The Morgan fingerprint density at radius 1 is 1.00 bits per heavy atom. The van der Waals surface area contributed by atoms with E-state index in [1.807, 2.05) is 6.07 Å². The third-order valence-electron chi connectivity index (χ3n) is 2.55. The highest BCUT2D eigenvalue weighted by Gasteiger charge is 2.38. The van der Waals surface area contributed by atoms with Gasteiger partial charge in [-0.2, -0.15) is 13.2 Å². The molecule has 1 atom stereocenters. The van der Waals surface area contributed by atoms with E-state index in [2.05, 4.69) is 5.32 Å². The maximum Gasteiger partial charge on any atom is 0.471 e. The average Bonchev–Trinajstić information content (AvgIpc) is 2.54. The summed E-state index contributed by atoms with van der Waals surface area (Å²) in [6, 6.07) is 8.87. The molecule has 0 radical (unpaired) electrons. The molecule has 140 valence electrons. The van der Waals surface area contributed by atoms with Gasteiger partial charge in [0, 0.05) is 19.6 Å². The molecule has 0 heterocycles. The fraction of sp³-hybridized carbons (Fsp3) is 0.357. The van der Waals surface area contributed by atoms with Crippen LogP contribution in [0.15, 0.2) is 30.3 Å². The van der Waals surface area contributed by atoms with E-state index in [4.69, 9.17) is 19.8 Å². The van der Waals surface area contributed by atoms with Gasteiger partial charge in [0.15, 0.2) is 0 Å². The second-order valence-corrected chi connectivity index (χ2v) is 4.49. The fourth-order valence-corrected chi connectivity index (χ4v) is 1.40. The first kappa shape index (κ1) is 22.3. The highest BCUT2D eigenvalue weighted by molar-refractivity contribution is 6.27. The van der Waals surface area contributed by atoms with Crippen molar-refractivity contribution in [2.45, 2.75) is 12.3 Å². The summed E-state index contributed by atoms with van der Waals surface area (Å²) >= 11 is 0. The molecule has 25 heavy (non-hydrogen) atoms. The van der Waals surface area contributed by atoms with Gasteiger partial charge in [-0.1, -0.05) is 30.3 Å². The number of carbonyl (C=O) groups excluding carboxylic acids is 1. The van der Waals surface area contributed by atoms with Crippen molar-refractivity contribution in [2.75, 3.05) is 19.6 Å². The van der Waals surface area contributed by atoms with Crippen LogP contribution in [-0.2, 0) is 14.4 Å². The van der Waals surface area contributed by atoms with Gasteiger partial charge >= 0.3 is 24.0 Å². The number of aliphatic hydroxyl groups is 1. The fourth-order valence-electron chi connectivity index (χ4n) is 1.40. The Hall–Kier alpha value is -2.66. The number of rotatable bonds is 6. The third-order valence-corrected chi connectivity index (χ3v) is 2.55. The van der Waals surface area contributed by atoms with Crippen LogP contribution in [0.2, 0.25) is 0 Å². The Bertz CT molecular complexity index is 553. The first-order chi connectivity index (χ1) is 11.6. The molecule has 1 amide bonds. The number of benzene rings is 1. The van der Waals surface area contributed by atoms with Crippen molar-refractivity contribution in [3.63, 3.8) is 0 Å². The number of aliphatic hydroxyl groups excluding tert-OH is 1. The van der Waals surface area contributed by atoms with E-state index >= 15 is 0 Å². The summed E-state index contributed by atoms with van der Waals surface area (Å²) in [6.07, 6.45) is -5.59. The molecule has 1 rings (SSSR count). The minimum absolute atomic E-state index is 0.145. The highest BCUT2D eigenvalue weighted by Crippen LogP contribution is 2.13. The molecular weight excluding hydrogens is 349 g/mol. The first-order valence-electron chi connectivity index (χ1n) is 6.80. The monoisotopic (exact) mass is 366 g/mol. The largest absolute Gasteiger partial charge is 0.473 e. The van der Waals surface area contributed by atoms with Crippen LogP contribution in [0.5, 0.6) is 0 Å². The molecule has 8 nitrogen and oxygen atoms in total. The first-order valence-corrected chi connectivity index (χ1v) is 6.80. The van der Waals surface area contributed by atoms with Gasteiger partial charge in [-0.25, -0.2) is 9.59 Å². The van der Waals surface area contributed by atoms with Crippen molar-refractivity contribution in [3.8, 4) is 0 Å². The number of hydrogen-bond donors (Lipinski definition) is 5. The second-order valence-electron chi connectivity index (χ2n) is 4.49. The van der Waals surface area contributed by atoms with Crippen LogP contribution in [0.1, 0.15) is 11.7 Å². The molecule has 0 bridgehead atoms. The lowest BCUT2D eigenvalue weighted by atomic mass is 10.1. The van der Waals surface area contributed by atoms with Gasteiger partial charge in [0.1, 0.15) is 0 Å². The molecule has 0 fully saturated rings. The zero-order valence-electron chi connectivity index (χ0n) is 12.8. The van der Waals surface area contributed by atoms with Crippen LogP contribution in [0.25, 0.3) is 0 Å². The second kappa shape index (κ2) is 11.0. The van der Waals surface area contributed by atoms with E-state index in [1.54, 1.807) is 29.6 Å². The van der Waals surface area contributed by atoms with E-state index in [0.29, 0.717) is 5.56 Å². The molecule has 0 saturated carbocycles. The number of carboxylic acid groups (broad SMARTS) is 2. The van der Waals surface area contributed by atoms with Gasteiger partial charge in [0.05, 0.1) is 6.10 Å². The Balaban J connectivity index is 0.000000823. The number of nitrogens with one attached hydrogen (secondary N) is 2. The molecule has 0 aromatic heterocycles. The lowest BCUT2D eigenvalue weighted by Crippen LogP contribution is -2.40. The zero-order valence-corrected chi connectivity index (χ0v) is 12.8. The van der Waals surface area contributed by atoms with E-state index in [0.717, 1.165) is 0 Å². The van der Waals surface area contributed by atoms with Crippen LogP contribution >= 0.6 is 0 Å². The summed E-state index contributed by atoms with van der Waals surface area (Å²) in [7, 11) is 0. The molecule has 5 N–H and O–H groups in total. The molecule has 0 aliphatic rings. The molecule has 0 aliphatic carbocycles. The van der Waals surface area contributed by atoms with Gasteiger partial charge in [-0.15, -0.1) is 0 Å². The summed E-state index contributed by atoms with van der Waals surface area (Å²) in [6.45, 7) is 0.192. The molecule has 0 saturated heterocycles. The summed E-state index contributed by atoms with van der Waals surface area (Å²) < 4.78 is 35.5. The maximum absolute atomic E-state index is 11.8. The van der Waals surface area contributed by atoms with E-state index in [1.165, 1.54) is 0 Å². The van der Waals surface area contributed by atoms with E-state index < -0.39 is 30.1 Å². The topological polar surface area (TPSA) is 136 Å². The molecule has 1 aromatic carbocycles. The number of halogens is 3. The normalized spacial score (nSPS) is 11.7. The lowest BCUT2D eigenvalue weighted by molar-refractivity contribution is -0.173. The van der Waals surface area contributed by atoms with Gasteiger partial charge < -0.3 is 26.0 Å². The minimum Gasteiger partial charge on any atom is -0.473 e. The predicted molar refractivity (Wildman–Crippen MR) is 78.6 cm³/mol. The van der Waals surface area contributed by atoms with Gasteiger partial charge in [-0.3, -0.25) is 4.79 Å². The van der Waals surface area contributed by atoms with Crippen molar-refractivity contribution in [2.24, 2.45) is 0 Å². The maximum atomic E-state index is 11.8. The van der Waals surface area contributed by atoms with Crippen LogP contribution in [-0.4, -0.2) is 59.0 Å². The number of carbonyl (C=O) groups is 3. The summed E-state index contributed by atoms with van der Waals surface area (Å²) in [4.78, 5) is 28.7. The van der Waals surface area contributed by atoms with Gasteiger partial charge in [0.2, 0.25) is 0 Å². The van der Waals surface area contributed by atoms with Crippen molar-refractivity contribution in [1.82, 2.24) is 10.6 Å². The zero-order chi connectivity index (χ0) is 19.5. The lowest BCUT2D eigenvalue weighted by Gasteiger charge is -2.12. The molecule has 1 aromatic rings. The molecule has 1 unspecified atom stereocenters. The summed E-state index contributed by atoms with van der Waals surface area (Å²) in [5, 5.41) is 29.0. The number of hydrogen-bond acceptors (Lipinski definition) is 5. The smallest absolute Gasteiger partial charge is 0.471 e. The molecule has 11 heteroatoms. The SMILES string of the molecule is O=C(NCCNCC(O)c1ccccc1)C(F)(F)F.O=C(O)C(=O)O. The van der Waals surface area contributed by atoms with Crippen molar-refractivity contribution >= 4 is 17.8 Å². The molecule has 0 spiro atoms. The van der Waals surface area contributed by atoms with Crippen LogP contribution in [0, 0.1) is 0 Å². The van der Waals surface area contributed by atoms with Crippen molar-refractivity contribution < 1.29 is 42.9 Å². The van der Waals surface area contributed by atoms with Crippen molar-refractivity contribution in [1.29, 1.82) is 0 Å². The van der Waals surface area contributed by atoms with Crippen LogP contribution in [0.4, 0.5) is 13.2 Å². The summed E-state index contributed by atoms with van der Waals surface area (Å²) in [5.41, 5.74) is 0.717. The predicted octanol–water partition coefficient (Wildman–Crippen LogP) is 0.144. The standard InChI is InChI=1S/C12H15F3N2O2.C2H2O4/c13-12(14,15)11(19)17-7-6-16-8-10(18)9-4-2-1-3-5-9;3-1(4)2(5)6/h1-5,10,16,18H,6-8H2,(H,17,19);(H,3,4)(H,5,6). The average molecular weight is 366 g/mol. The number of aliphatic carboxylic acids is 2. The Morgan fingerprint density at radius 3 is 1.96 bits per heavy atom. The van der Waals surface area contributed by atoms with Crippen LogP contribution in [0.3, 0.4) is 0 Å². The van der Waals surface area contributed by atoms with Gasteiger partial charge in [0.25, 0.3) is 0 Å². The number of alkyl halides is 3. The minimum atomic E-state index is -4.86. The summed E-state index contributed by atoms with van der Waals surface area (Å²) in [5.74, 6) is -5.61. The highest BCUT2D eigenvalue weighted by atomic mass is 19.4. The molecule has 0 aliphatic heterocycles. The quantitative estimate of drug-likeness (QED) is 0.357. The Kier molecular flexibility index (Phi) is 9.82. The van der Waals surface area contributed by atoms with E-state index in [-0.39, 0.29) is 19.6 Å². The van der Waals surface area contributed by atoms with E-state index in [9.17, 15) is 23.1 Å².